The van der Waals surface area contributed by atoms with Crippen molar-refractivity contribution in [3.63, 3.8) is 0 Å². The van der Waals surface area contributed by atoms with Crippen LogP contribution in [0.25, 0.3) is 22.4 Å². The number of hydrogen-bond donors (Lipinski definition) is 2. The van der Waals surface area contributed by atoms with Crippen LogP contribution in [0.5, 0.6) is 0 Å². The molecule has 3 aromatic carbocycles. The summed E-state index contributed by atoms with van der Waals surface area (Å²) in [5, 5.41) is 5.73. The zero-order valence-corrected chi connectivity index (χ0v) is 17.3. The van der Waals surface area contributed by atoms with Gasteiger partial charge in [0.05, 0.1) is 11.0 Å². The summed E-state index contributed by atoms with van der Waals surface area (Å²) in [5.41, 5.74) is 4.37. The lowest BCUT2D eigenvalue weighted by atomic mass is 10.2. The summed E-state index contributed by atoms with van der Waals surface area (Å²) in [5.74, 6) is 0.677. The third-order valence-corrected chi connectivity index (χ3v) is 5.12. The molecule has 0 aliphatic carbocycles. The third kappa shape index (κ3) is 4.80. The average Bonchev–Trinajstić information content (AvgIpc) is 3.14. The molecule has 0 fully saturated rings. The Morgan fingerprint density at radius 2 is 1.61 bits per heavy atom. The number of fused-ring (bicyclic) bond motifs is 1. The molecular formula is C25H24N4O2. The average molecular weight is 412 g/mol. The van der Waals surface area contributed by atoms with E-state index in [0.717, 1.165) is 28.1 Å². The first kappa shape index (κ1) is 20.3. The first-order valence-corrected chi connectivity index (χ1v) is 10.3. The zero-order valence-electron chi connectivity index (χ0n) is 17.3. The number of carbonyl (C=O) groups excluding carboxylic acids is 2. The number of benzene rings is 3. The van der Waals surface area contributed by atoms with Gasteiger partial charge >= 0.3 is 0 Å². The van der Waals surface area contributed by atoms with Gasteiger partial charge in [-0.25, -0.2) is 4.98 Å². The molecule has 1 aromatic heterocycles. The molecule has 2 N–H and O–H groups in total. The van der Waals surface area contributed by atoms with Crippen LogP contribution in [0.1, 0.15) is 23.2 Å². The van der Waals surface area contributed by atoms with Gasteiger partial charge in [-0.15, -0.1) is 0 Å². The van der Waals surface area contributed by atoms with Gasteiger partial charge in [0.2, 0.25) is 5.91 Å². The van der Waals surface area contributed by atoms with E-state index in [9.17, 15) is 9.59 Å². The van der Waals surface area contributed by atoms with Crippen molar-refractivity contribution >= 4 is 28.5 Å². The zero-order chi connectivity index (χ0) is 21.6. The van der Waals surface area contributed by atoms with E-state index >= 15 is 0 Å². The number of nitrogens with one attached hydrogen (secondary N) is 2. The lowest BCUT2D eigenvalue weighted by molar-refractivity contribution is -0.116. The molecule has 1 heterocycles. The highest BCUT2D eigenvalue weighted by molar-refractivity contribution is 5.94. The van der Waals surface area contributed by atoms with Crippen molar-refractivity contribution in [1.29, 1.82) is 0 Å². The summed E-state index contributed by atoms with van der Waals surface area (Å²) in [7, 11) is 2.00. The first-order chi connectivity index (χ1) is 15.1. The Morgan fingerprint density at radius 3 is 2.35 bits per heavy atom. The smallest absolute Gasteiger partial charge is 0.251 e. The number of para-hydroxylation sites is 2. The molecule has 0 unspecified atom stereocenters. The molecule has 31 heavy (non-hydrogen) atoms. The first-order valence-electron chi connectivity index (χ1n) is 10.3. The Labute approximate surface area is 180 Å². The summed E-state index contributed by atoms with van der Waals surface area (Å²) in [4.78, 5) is 28.9. The largest absolute Gasteiger partial charge is 0.352 e. The van der Waals surface area contributed by atoms with Crippen molar-refractivity contribution in [3.05, 3.63) is 84.4 Å². The van der Waals surface area contributed by atoms with Crippen molar-refractivity contribution < 1.29 is 9.59 Å². The number of anilines is 1. The van der Waals surface area contributed by atoms with Crippen LogP contribution in [0.3, 0.4) is 0 Å². The fraction of sp³-hybridized carbons (Fsp3) is 0.160. The van der Waals surface area contributed by atoms with Crippen LogP contribution in [-0.2, 0) is 11.8 Å². The maximum absolute atomic E-state index is 12.2. The number of nitrogens with zero attached hydrogens (tertiary/aromatic N) is 2. The number of imidazole rings is 1. The highest BCUT2D eigenvalue weighted by Gasteiger charge is 2.10. The molecule has 0 spiro atoms. The molecule has 0 bridgehead atoms. The lowest BCUT2D eigenvalue weighted by Gasteiger charge is -2.08. The second kappa shape index (κ2) is 9.26. The van der Waals surface area contributed by atoms with Crippen molar-refractivity contribution in [2.24, 2.45) is 7.05 Å². The van der Waals surface area contributed by atoms with Crippen LogP contribution in [0.15, 0.2) is 78.9 Å². The molecule has 0 atom stereocenters. The van der Waals surface area contributed by atoms with Crippen molar-refractivity contribution in [2.75, 3.05) is 11.9 Å². The summed E-state index contributed by atoms with van der Waals surface area (Å²) < 4.78 is 2.06. The molecule has 0 aliphatic rings. The number of hydrogen-bond acceptors (Lipinski definition) is 3. The van der Waals surface area contributed by atoms with E-state index in [0.29, 0.717) is 24.9 Å². The second-order valence-electron chi connectivity index (χ2n) is 7.33. The van der Waals surface area contributed by atoms with Gasteiger partial charge in [-0.2, -0.15) is 0 Å². The second-order valence-corrected chi connectivity index (χ2v) is 7.33. The molecule has 0 saturated heterocycles. The Balaban J connectivity index is 1.28. The summed E-state index contributed by atoms with van der Waals surface area (Å²) in [6.45, 7) is 0.451. The molecule has 0 saturated carbocycles. The van der Waals surface area contributed by atoms with E-state index in [1.807, 2.05) is 73.8 Å². The Hall–Kier alpha value is -3.93. The van der Waals surface area contributed by atoms with Gasteiger partial charge in [0.15, 0.2) is 0 Å². The molecule has 6 nitrogen and oxygen atoms in total. The Bertz CT molecular complexity index is 1200. The van der Waals surface area contributed by atoms with Crippen molar-refractivity contribution in [1.82, 2.24) is 14.9 Å². The summed E-state index contributed by atoms with van der Waals surface area (Å²) >= 11 is 0. The van der Waals surface area contributed by atoms with Crippen LogP contribution < -0.4 is 10.6 Å². The maximum Gasteiger partial charge on any atom is 0.251 e. The van der Waals surface area contributed by atoms with Gasteiger partial charge in [-0.3, -0.25) is 9.59 Å². The fourth-order valence-corrected chi connectivity index (χ4v) is 3.47. The van der Waals surface area contributed by atoms with Gasteiger partial charge in [0, 0.05) is 36.8 Å². The predicted molar refractivity (Wildman–Crippen MR) is 123 cm³/mol. The van der Waals surface area contributed by atoms with Crippen LogP contribution in [-0.4, -0.2) is 27.9 Å². The number of rotatable bonds is 7. The Morgan fingerprint density at radius 1 is 0.903 bits per heavy atom. The van der Waals surface area contributed by atoms with Gasteiger partial charge in [0.1, 0.15) is 5.82 Å². The standard InChI is InChI=1S/C25H24N4O2/c1-29-22-11-6-5-10-21(22)28-24(29)18-13-15-20(16-14-18)27-23(30)12-7-17-26-25(31)19-8-3-2-4-9-19/h2-6,8-11,13-16H,7,12,17H2,1H3,(H,26,31)(H,27,30). The molecule has 6 heteroatoms. The molecule has 0 radical (unpaired) electrons. The summed E-state index contributed by atoms with van der Waals surface area (Å²) in [6, 6.07) is 24.7. The van der Waals surface area contributed by atoms with Gasteiger partial charge in [-0.05, 0) is 55.0 Å². The number of carbonyl (C=O) groups is 2. The van der Waals surface area contributed by atoms with Gasteiger partial charge in [-0.1, -0.05) is 30.3 Å². The number of aryl methyl sites for hydroxylation is 1. The van der Waals surface area contributed by atoms with E-state index in [1.165, 1.54) is 0 Å². The highest BCUT2D eigenvalue weighted by atomic mass is 16.2. The number of amides is 2. The van der Waals surface area contributed by atoms with Crippen LogP contribution in [0, 0.1) is 0 Å². The Kier molecular flexibility index (Phi) is 6.08. The minimum atomic E-state index is -0.126. The normalized spacial score (nSPS) is 10.7. The monoisotopic (exact) mass is 412 g/mol. The van der Waals surface area contributed by atoms with Crippen LogP contribution >= 0.6 is 0 Å². The van der Waals surface area contributed by atoms with Crippen molar-refractivity contribution in [2.45, 2.75) is 12.8 Å². The fourth-order valence-electron chi connectivity index (χ4n) is 3.47. The van der Waals surface area contributed by atoms with Crippen LogP contribution in [0.2, 0.25) is 0 Å². The summed E-state index contributed by atoms with van der Waals surface area (Å²) in [6.07, 6.45) is 0.907. The molecular weight excluding hydrogens is 388 g/mol. The van der Waals surface area contributed by atoms with E-state index in [1.54, 1.807) is 12.1 Å². The minimum Gasteiger partial charge on any atom is -0.352 e. The van der Waals surface area contributed by atoms with Gasteiger partial charge in [0.25, 0.3) is 5.91 Å². The minimum absolute atomic E-state index is 0.0792. The quantitative estimate of drug-likeness (QED) is 0.442. The molecule has 156 valence electrons. The van der Waals surface area contributed by atoms with E-state index in [2.05, 4.69) is 15.2 Å². The topological polar surface area (TPSA) is 76.0 Å². The van der Waals surface area contributed by atoms with Gasteiger partial charge < -0.3 is 15.2 Å². The lowest BCUT2D eigenvalue weighted by Crippen LogP contribution is -2.25. The van der Waals surface area contributed by atoms with Crippen LogP contribution in [0.4, 0.5) is 5.69 Å². The third-order valence-electron chi connectivity index (χ3n) is 5.12. The SMILES string of the molecule is Cn1c(-c2ccc(NC(=O)CCCNC(=O)c3ccccc3)cc2)nc2ccccc21. The molecule has 2 amide bonds. The molecule has 4 rings (SSSR count). The van der Waals surface area contributed by atoms with E-state index in [-0.39, 0.29) is 11.8 Å². The number of aromatic nitrogens is 2. The van der Waals surface area contributed by atoms with E-state index in [4.69, 9.17) is 4.98 Å². The predicted octanol–water partition coefficient (Wildman–Crippen LogP) is 4.39. The highest BCUT2D eigenvalue weighted by Crippen LogP contribution is 2.24. The molecule has 0 aliphatic heterocycles. The van der Waals surface area contributed by atoms with E-state index < -0.39 is 0 Å². The molecule has 4 aromatic rings. The maximum atomic E-state index is 12.2. The van der Waals surface area contributed by atoms with Crippen molar-refractivity contribution in [3.8, 4) is 11.4 Å².